The molecule has 12 rings (SSSR count). The van der Waals surface area contributed by atoms with Crippen LogP contribution in [0.2, 0.25) is 0 Å². The van der Waals surface area contributed by atoms with Gasteiger partial charge in [0, 0.05) is 33.3 Å². The molecule has 0 atom stereocenters. The van der Waals surface area contributed by atoms with Crippen LogP contribution in [0.4, 0.5) is 17.1 Å². The molecule has 314 valence electrons. The van der Waals surface area contributed by atoms with E-state index in [-0.39, 0.29) is 16.2 Å². The zero-order chi connectivity index (χ0) is 44.2. The van der Waals surface area contributed by atoms with Gasteiger partial charge in [0.05, 0.1) is 0 Å². The van der Waals surface area contributed by atoms with Crippen LogP contribution in [0.1, 0.15) is 115 Å². The molecule has 0 amide bonds. The quantitative estimate of drug-likeness (QED) is 0.171. The molecule has 1 nitrogen and oxygen atoms in total. The molecule has 4 aliphatic carbocycles. The second-order valence-electron chi connectivity index (χ2n) is 21.1. The fourth-order valence-corrected chi connectivity index (χ4v) is 12.7. The maximum absolute atomic E-state index is 2.59. The zero-order valence-electron chi connectivity index (χ0n) is 39.1. The lowest BCUT2D eigenvalue weighted by Gasteiger charge is -2.31. The van der Waals surface area contributed by atoms with Crippen LogP contribution >= 0.6 is 0 Å². The second kappa shape index (κ2) is 13.3. The summed E-state index contributed by atoms with van der Waals surface area (Å²) in [6.45, 7) is 23.6. The molecule has 0 unspecified atom stereocenters. The number of benzene rings is 8. The Morgan fingerprint density at radius 3 is 1.75 bits per heavy atom. The number of hydrogen-bond acceptors (Lipinski definition) is 1. The SMILES string of the molecule is Cc1ccc(N(c2ccc3c(c2)C(C)(C)c2cc4c(cc2-3)C(C)(C)C2=C4c3ccccc3CC2)c2ccc3c(c2)C(C)(C)c2cc(-c4cc(C)ccc4C)c4ccccc4c2-3)c(C)c1. The molecule has 0 bridgehead atoms. The monoisotopic (exact) mass is 827 g/mol. The number of nitrogens with zero attached hydrogens (tertiary/aromatic N) is 1. The highest BCUT2D eigenvalue weighted by molar-refractivity contribution is 6.09. The fraction of sp³-hybridized carbons (Fsp3) is 0.238. The Kier molecular flexibility index (Phi) is 8.14. The van der Waals surface area contributed by atoms with Crippen molar-refractivity contribution in [2.24, 2.45) is 0 Å². The predicted molar refractivity (Wildman–Crippen MR) is 272 cm³/mol. The lowest BCUT2D eigenvalue weighted by molar-refractivity contribution is 0.603. The van der Waals surface area contributed by atoms with Gasteiger partial charge in [-0.1, -0.05) is 149 Å². The van der Waals surface area contributed by atoms with Crippen LogP contribution in [0, 0.1) is 27.7 Å². The predicted octanol–water partition coefficient (Wildman–Crippen LogP) is 16.9. The average molecular weight is 828 g/mol. The molecular formula is C63H57N. The van der Waals surface area contributed by atoms with Crippen LogP contribution in [-0.4, -0.2) is 0 Å². The summed E-state index contributed by atoms with van der Waals surface area (Å²) in [7, 11) is 0. The standard InChI is InChI=1S/C63H57N/c1-36-20-28-58(39(4)29-36)64(42-24-26-47-54(32-42)63(9,10)57-33-49(48-30-37(2)19-21-38(48)3)44-17-13-14-18-46(44)60(47)57)41-23-25-45-50-34-56-51(35-55(50)62(7,8)53(45)31-41)59-43-16-12-11-15-40(43)22-27-52(59)61(56,5)6/h11-21,23-26,28-35H,22,27H2,1-10H3. The van der Waals surface area contributed by atoms with Gasteiger partial charge in [-0.05, 0) is 194 Å². The Morgan fingerprint density at radius 1 is 0.391 bits per heavy atom. The molecule has 0 aliphatic heterocycles. The summed E-state index contributed by atoms with van der Waals surface area (Å²) in [5.74, 6) is 0. The van der Waals surface area contributed by atoms with Gasteiger partial charge in [0.25, 0.3) is 0 Å². The second-order valence-corrected chi connectivity index (χ2v) is 21.1. The number of fused-ring (bicyclic) bond motifs is 12. The zero-order valence-corrected chi connectivity index (χ0v) is 39.1. The smallest absolute Gasteiger partial charge is 0.0490 e. The first-order valence-electron chi connectivity index (χ1n) is 23.5. The molecule has 8 aromatic carbocycles. The van der Waals surface area contributed by atoms with Crippen LogP contribution in [0.3, 0.4) is 0 Å². The van der Waals surface area contributed by atoms with Crippen molar-refractivity contribution in [3.05, 3.63) is 212 Å². The van der Waals surface area contributed by atoms with E-state index in [9.17, 15) is 0 Å². The molecular weight excluding hydrogens is 771 g/mol. The third-order valence-corrected chi connectivity index (χ3v) is 16.2. The fourth-order valence-electron chi connectivity index (χ4n) is 12.7. The van der Waals surface area contributed by atoms with Crippen molar-refractivity contribution in [2.75, 3.05) is 4.90 Å². The van der Waals surface area contributed by atoms with Crippen LogP contribution in [0.25, 0.3) is 49.7 Å². The van der Waals surface area contributed by atoms with E-state index in [0.29, 0.717) is 0 Å². The van der Waals surface area contributed by atoms with E-state index >= 15 is 0 Å². The Labute approximate surface area is 380 Å². The number of aryl methyl sites for hydroxylation is 5. The Hall–Kier alpha value is -6.44. The summed E-state index contributed by atoms with van der Waals surface area (Å²) in [4.78, 5) is 2.53. The highest BCUT2D eigenvalue weighted by Crippen LogP contribution is 2.59. The molecule has 0 aromatic heterocycles. The van der Waals surface area contributed by atoms with E-state index in [1.54, 1.807) is 5.57 Å². The largest absolute Gasteiger partial charge is 0.310 e. The maximum Gasteiger partial charge on any atom is 0.0490 e. The van der Waals surface area contributed by atoms with E-state index in [2.05, 4.69) is 214 Å². The van der Waals surface area contributed by atoms with Gasteiger partial charge in [0.1, 0.15) is 0 Å². The summed E-state index contributed by atoms with van der Waals surface area (Å²) in [6.07, 6.45) is 2.26. The Morgan fingerprint density at radius 2 is 0.984 bits per heavy atom. The first-order valence-corrected chi connectivity index (χ1v) is 23.5. The molecule has 1 heteroatoms. The van der Waals surface area contributed by atoms with Gasteiger partial charge in [-0.3, -0.25) is 0 Å². The number of hydrogen-bond donors (Lipinski definition) is 0. The van der Waals surface area contributed by atoms with Crippen molar-refractivity contribution in [1.29, 1.82) is 0 Å². The van der Waals surface area contributed by atoms with Gasteiger partial charge in [0.15, 0.2) is 0 Å². The van der Waals surface area contributed by atoms with Gasteiger partial charge in [0.2, 0.25) is 0 Å². The average Bonchev–Trinajstić information content (AvgIpc) is 3.76. The van der Waals surface area contributed by atoms with Gasteiger partial charge >= 0.3 is 0 Å². The number of rotatable bonds is 4. The first kappa shape index (κ1) is 39.2. The third kappa shape index (κ3) is 5.31. The third-order valence-electron chi connectivity index (χ3n) is 16.2. The lowest BCUT2D eigenvalue weighted by atomic mass is 9.76. The molecule has 0 fully saturated rings. The molecule has 4 aliphatic rings. The van der Waals surface area contributed by atoms with Crippen LogP contribution in [-0.2, 0) is 22.7 Å². The molecule has 0 saturated heterocycles. The summed E-state index contributed by atoms with van der Waals surface area (Å²) in [5, 5.41) is 2.65. The molecule has 8 aromatic rings. The minimum absolute atomic E-state index is 0.00573. The highest BCUT2D eigenvalue weighted by Gasteiger charge is 2.45. The summed E-state index contributed by atoms with van der Waals surface area (Å²) in [5.41, 5.74) is 31.0. The van der Waals surface area contributed by atoms with E-state index in [4.69, 9.17) is 0 Å². The molecule has 0 N–H and O–H groups in total. The van der Waals surface area contributed by atoms with Gasteiger partial charge in [-0.2, -0.15) is 0 Å². The van der Waals surface area contributed by atoms with E-state index in [1.807, 2.05) is 0 Å². The molecule has 0 spiro atoms. The van der Waals surface area contributed by atoms with E-state index in [1.165, 1.54) is 134 Å². The Balaban J connectivity index is 1.01. The van der Waals surface area contributed by atoms with Crippen molar-refractivity contribution < 1.29 is 0 Å². The first-order chi connectivity index (χ1) is 30.6. The Bertz CT molecular complexity index is 3400. The van der Waals surface area contributed by atoms with Gasteiger partial charge in [-0.25, -0.2) is 0 Å². The van der Waals surface area contributed by atoms with Crippen molar-refractivity contribution in [1.82, 2.24) is 0 Å². The summed E-state index contributed by atoms with van der Waals surface area (Å²) in [6, 6.07) is 54.3. The van der Waals surface area contributed by atoms with Crippen LogP contribution in [0.5, 0.6) is 0 Å². The maximum atomic E-state index is 2.59. The normalized spacial score (nSPS) is 16.5. The lowest BCUT2D eigenvalue weighted by Crippen LogP contribution is -2.20. The molecule has 0 saturated carbocycles. The van der Waals surface area contributed by atoms with Gasteiger partial charge < -0.3 is 4.90 Å². The minimum Gasteiger partial charge on any atom is -0.310 e. The van der Waals surface area contributed by atoms with E-state index < -0.39 is 0 Å². The highest BCUT2D eigenvalue weighted by atomic mass is 15.1. The molecule has 64 heavy (non-hydrogen) atoms. The minimum atomic E-state index is -0.213. The molecule has 0 heterocycles. The van der Waals surface area contributed by atoms with Gasteiger partial charge in [-0.15, -0.1) is 0 Å². The van der Waals surface area contributed by atoms with Crippen molar-refractivity contribution in [3.8, 4) is 33.4 Å². The van der Waals surface area contributed by atoms with Crippen LogP contribution < -0.4 is 4.90 Å². The van der Waals surface area contributed by atoms with Crippen molar-refractivity contribution >= 4 is 33.4 Å². The van der Waals surface area contributed by atoms with Crippen molar-refractivity contribution in [2.45, 2.75) is 98.3 Å². The number of anilines is 3. The van der Waals surface area contributed by atoms with Crippen LogP contribution in [0.15, 0.2) is 145 Å². The summed E-state index contributed by atoms with van der Waals surface area (Å²) >= 11 is 0. The molecule has 0 radical (unpaired) electrons. The number of allylic oxidation sites excluding steroid dienone is 1. The van der Waals surface area contributed by atoms with E-state index in [0.717, 1.165) is 12.8 Å². The summed E-state index contributed by atoms with van der Waals surface area (Å²) < 4.78 is 0. The van der Waals surface area contributed by atoms with Crippen molar-refractivity contribution in [3.63, 3.8) is 0 Å². The topological polar surface area (TPSA) is 3.24 Å².